The number of allylic oxidation sites excluding steroid dienone is 3. The molecule has 0 aromatic carbocycles. The minimum absolute atomic E-state index is 0.0521. The van der Waals surface area contributed by atoms with E-state index in [1.165, 1.54) is 7.11 Å². The highest BCUT2D eigenvalue weighted by molar-refractivity contribution is 9.11. The van der Waals surface area contributed by atoms with Crippen molar-refractivity contribution in [3.05, 3.63) is 34.9 Å². The summed E-state index contributed by atoms with van der Waals surface area (Å²) in [7, 11) is -0.519. The van der Waals surface area contributed by atoms with Gasteiger partial charge >= 0.3 is 5.97 Å². The van der Waals surface area contributed by atoms with Crippen LogP contribution in [-0.2, 0) is 18.8 Å². The quantitative estimate of drug-likeness (QED) is 0.0935. The van der Waals surface area contributed by atoms with Crippen LogP contribution in [0.3, 0.4) is 0 Å². The fourth-order valence-electron chi connectivity index (χ4n) is 2.50. The number of hydrogen-bond acceptors (Lipinski definition) is 4. The lowest BCUT2D eigenvalue weighted by Crippen LogP contribution is -2.43. The number of methoxy groups -OCH3 is 1. The highest BCUT2D eigenvalue weighted by Gasteiger charge is 2.38. The zero-order valence-corrected chi connectivity index (χ0v) is 21.8. The monoisotopic (exact) mass is 486 g/mol. The Hall–Kier alpha value is -0.983. The number of halogens is 1. The first kappa shape index (κ1) is 28.0. The molecule has 0 amide bonds. The van der Waals surface area contributed by atoms with Crippen LogP contribution in [0.2, 0.25) is 18.1 Å². The molecular weight excluding hydrogens is 448 g/mol. The van der Waals surface area contributed by atoms with Crippen LogP contribution in [0.1, 0.15) is 66.2 Å². The van der Waals surface area contributed by atoms with Crippen LogP contribution in [0, 0.1) is 0 Å². The molecule has 0 saturated carbocycles. The van der Waals surface area contributed by atoms with Crippen molar-refractivity contribution < 1.29 is 18.8 Å². The number of carbonyl (C=O) groups is 2. The summed E-state index contributed by atoms with van der Waals surface area (Å²) >= 11 is 3.28. The zero-order chi connectivity index (χ0) is 22.5. The van der Waals surface area contributed by atoms with E-state index in [1.54, 1.807) is 11.1 Å². The number of carbonyl (C=O) groups excluding carboxylic acids is 2. The molecular formula is C23H39BrO4Si. The average molecular weight is 488 g/mol. The molecule has 0 bridgehead atoms. The minimum Gasteiger partial charge on any atom is -0.469 e. The lowest BCUT2D eigenvalue weighted by molar-refractivity contribution is -0.140. The molecule has 0 rings (SSSR count). The number of hydrogen-bond donors (Lipinski definition) is 0. The summed E-state index contributed by atoms with van der Waals surface area (Å²) in [4.78, 5) is 25.2. The van der Waals surface area contributed by atoms with Gasteiger partial charge in [-0.05, 0) is 55.4 Å². The van der Waals surface area contributed by atoms with Crippen molar-refractivity contribution in [2.75, 3.05) is 7.11 Å². The summed E-state index contributed by atoms with van der Waals surface area (Å²) < 4.78 is 11.2. The maximum atomic E-state index is 12.3. The van der Waals surface area contributed by atoms with Crippen molar-refractivity contribution in [2.24, 2.45) is 0 Å². The van der Waals surface area contributed by atoms with Gasteiger partial charge in [0.25, 0.3) is 0 Å². The molecule has 0 unspecified atom stereocenters. The Kier molecular flexibility index (Phi) is 13.6. The first-order chi connectivity index (χ1) is 13.4. The van der Waals surface area contributed by atoms with E-state index < -0.39 is 8.32 Å². The fourth-order valence-corrected chi connectivity index (χ4v) is 3.95. The normalized spacial score (nSPS) is 14.6. The summed E-state index contributed by atoms with van der Waals surface area (Å²) in [6.45, 7) is 13.2. The van der Waals surface area contributed by atoms with Gasteiger partial charge < -0.3 is 9.16 Å². The van der Waals surface area contributed by atoms with Crippen LogP contribution in [0.5, 0.6) is 0 Å². The molecule has 0 fully saturated rings. The summed E-state index contributed by atoms with van der Waals surface area (Å²) in [5.74, 6) is -0.0568. The third-order valence-electron chi connectivity index (χ3n) is 5.22. The average Bonchev–Trinajstić information content (AvgIpc) is 2.59. The van der Waals surface area contributed by atoms with Crippen molar-refractivity contribution >= 4 is 36.0 Å². The summed E-state index contributed by atoms with van der Waals surface area (Å²) in [6.07, 6.45) is 11.7. The Balaban J connectivity index is 4.79. The second-order valence-corrected chi connectivity index (χ2v) is 14.2. The summed E-state index contributed by atoms with van der Waals surface area (Å²) in [5.41, 5.74) is 1.03. The van der Waals surface area contributed by atoms with Gasteiger partial charge in [0.05, 0.1) is 13.2 Å². The van der Waals surface area contributed by atoms with Gasteiger partial charge in [-0.3, -0.25) is 9.59 Å². The van der Waals surface area contributed by atoms with Gasteiger partial charge in [-0.15, -0.1) is 0 Å². The number of rotatable bonds is 13. The van der Waals surface area contributed by atoms with Gasteiger partial charge in [-0.2, -0.15) is 0 Å². The lowest BCUT2D eigenvalue weighted by atomic mass is 10.0. The number of ether oxygens (including phenoxy) is 1. The smallest absolute Gasteiger partial charge is 0.305 e. The Morgan fingerprint density at radius 1 is 1.07 bits per heavy atom. The first-order valence-corrected chi connectivity index (χ1v) is 14.1. The van der Waals surface area contributed by atoms with Crippen molar-refractivity contribution in [3.63, 3.8) is 0 Å². The van der Waals surface area contributed by atoms with E-state index in [2.05, 4.69) is 60.6 Å². The Labute approximate surface area is 187 Å². The van der Waals surface area contributed by atoms with Gasteiger partial charge in [0.1, 0.15) is 0 Å². The van der Waals surface area contributed by atoms with Crippen molar-refractivity contribution in [1.29, 1.82) is 0 Å². The Morgan fingerprint density at radius 3 is 2.24 bits per heavy atom. The van der Waals surface area contributed by atoms with Gasteiger partial charge in [0.15, 0.2) is 14.1 Å². The molecule has 0 aromatic heterocycles. The van der Waals surface area contributed by atoms with Gasteiger partial charge in [-0.1, -0.05) is 66.9 Å². The molecule has 4 nitrogen and oxygen atoms in total. The fraction of sp³-hybridized carbons (Fsp3) is 0.652. The molecule has 0 aromatic rings. The largest absolute Gasteiger partial charge is 0.469 e. The topological polar surface area (TPSA) is 52.6 Å². The van der Waals surface area contributed by atoms with E-state index in [9.17, 15) is 9.59 Å². The second kappa shape index (κ2) is 14.1. The molecule has 0 spiro atoms. The number of esters is 1. The van der Waals surface area contributed by atoms with Crippen molar-refractivity contribution in [1.82, 2.24) is 0 Å². The molecule has 0 radical (unpaired) electrons. The molecule has 29 heavy (non-hydrogen) atoms. The van der Waals surface area contributed by atoms with E-state index in [1.807, 2.05) is 19.1 Å². The van der Waals surface area contributed by atoms with Gasteiger partial charge in [0.2, 0.25) is 0 Å². The number of ketones is 1. The zero-order valence-electron chi connectivity index (χ0n) is 19.2. The standard InChI is InChI=1S/C23H39BrO4Si/c1-19(17-20(25)13-9-8-10-15-22(26)27-5)18-21(14-11-12-16-24)28-29(6,7)23(2,3)4/h11-12,14,16-17,21H,8-10,13,15,18H2,1-7H3/b14-11+,16-12+,19-17+/t21-/m0/s1. The van der Waals surface area contributed by atoms with Crippen LogP contribution < -0.4 is 0 Å². The van der Waals surface area contributed by atoms with E-state index in [-0.39, 0.29) is 22.9 Å². The maximum Gasteiger partial charge on any atom is 0.305 e. The molecule has 166 valence electrons. The van der Waals surface area contributed by atoms with Crippen molar-refractivity contribution in [2.45, 2.75) is 90.5 Å². The SMILES string of the molecule is COC(=O)CCCCCC(=O)/C=C(\C)C[C@H](/C=C/C=C/Br)O[Si](C)(C)C(C)(C)C. The molecule has 0 aliphatic rings. The predicted molar refractivity (Wildman–Crippen MR) is 128 cm³/mol. The van der Waals surface area contributed by atoms with Gasteiger partial charge in [0, 0.05) is 12.8 Å². The molecule has 0 saturated heterocycles. The van der Waals surface area contributed by atoms with Crippen LogP contribution in [-0.4, -0.2) is 33.3 Å². The van der Waals surface area contributed by atoms with Crippen LogP contribution in [0.15, 0.2) is 34.9 Å². The lowest BCUT2D eigenvalue weighted by Gasteiger charge is -2.38. The molecule has 6 heteroatoms. The summed E-state index contributed by atoms with van der Waals surface area (Å²) in [6, 6.07) is 0. The van der Waals surface area contributed by atoms with E-state index >= 15 is 0 Å². The third kappa shape index (κ3) is 13.0. The molecule has 0 aliphatic heterocycles. The Bertz CT molecular complexity index is 600. The molecule has 0 heterocycles. The highest BCUT2D eigenvalue weighted by atomic mass is 79.9. The predicted octanol–water partition coefficient (Wildman–Crippen LogP) is 6.87. The van der Waals surface area contributed by atoms with Crippen LogP contribution in [0.25, 0.3) is 0 Å². The van der Waals surface area contributed by atoms with E-state index in [4.69, 9.17) is 4.43 Å². The van der Waals surface area contributed by atoms with Gasteiger partial charge in [-0.25, -0.2) is 0 Å². The molecule has 0 N–H and O–H groups in total. The maximum absolute atomic E-state index is 12.3. The van der Waals surface area contributed by atoms with Crippen molar-refractivity contribution in [3.8, 4) is 0 Å². The third-order valence-corrected chi connectivity index (χ3v) is 10.0. The van der Waals surface area contributed by atoms with Crippen LogP contribution in [0.4, 0.5) is 0 Å². The summed E-state index contributed by atoms with van der Waals surface area (Å²) in [5, 5.41) is 0.127. The van der Waals surface area contributed by atoms with E-state index in [0.29, 0.717) is 19.3 Å². The van der Waals surface area contributed by atoms with E-state index in [0.717, 1.165) is 24.8 Å². The second-order valence-electron chi connectivity index (χ2n) is 8.92. The number of unbranched alkanes of at least 4 members (excludes halogenated alkanes) is 2. The highest BCUT2D eigenvalue weighted by Crippen LogP contribution is 2.38. The molecule has 1 atom stereocenters. The Morgan fingerprint density at radius 2 is 1.69 bits per heavy atom. The first-order valence-electron chi connectivity index (χ1n) is 10.3. The molecule has 0 aliphatic carbocycles. The minimum atomic E-state index is -1.91. The van der Waals surface area contributed by atoms with Crippen LogP contribution >= 0.6 is 15.9 Å².